The highest BCUT2D eigenvalue weighted by Crippen LogP contribution is 2.24. The second-order valence-corrected chi connectivity index (χ2v) is 6.67. The van der Waals surface area contributed by atoms with Gasteiger partial charge < -0.3 is 10.7 Å². The van der Waals surface area contributed by atoms with E-state index in [9.17, 15) is 8.42 Å². The van der Waals surface area contributed by atoms with Gasteiger partial charge in [0, 0.05) is 25.4 Å². The van der Waals surface area contributed by atoms with Gasteiger partial charge in [-0.3, -0.25) is 0 Å². The predicted molar refractivity (Wildman–Crippen MR) is 82.4 cm³/mol. The van der Waals surface area contributed by atoms with Crippen molar-refractivity contribution in [2.24, 2.45) is 0 Å². The van der Waals surface area contributed by atoms with Crippen molar-refractivity contribution in [1.82, 2.24) is 14.7 Å². The van der Waals surface area contributed by atoms with Gasteiger partial charge in [-0.15, -0.1) is 0 Å². The second-order valence-electron chi connectivity index (χ2n) is 4.96. The van der Waals surface area contributed by atoms with Crippen molar-refractivity contribution in [3.8, 4) is 0 Å². The smallest absolute Gasteiger partial charge is 0.242 e. The van der Waals surface area contributed by atoms with E-state index in [-0.39, 0.29) is 10.6 Å². The lowest BCUT2D eigenvalue weighted by Gasteiger charge is -2.13. The Hall–Kier alpha value is -1.86. The number of imidazole rings is 1. The van der Waals surface area contributed by atoms with E-state index in [0.717, 1.165) is 11.4 Å². The quantitative estimate of drug-likeness (QED) is 0.556. The number of aromatic amines is 1. The Kier molecular flexibility index (Phi) is 4.64. The van der Waals surface area contributed by atoms with Gasteiger partial charge in [-0.05, 0) is 37.5 Å². The Balaban J connectivity index is 2.04. The number of nitrogens with zero attached hydrogens (tertiary/aromatic N) is 1. The molecule has 0 bridgehead atoms. The van der Waals surface area contributed by atoms with Crippen molar-refractivity contribution in [2.75, 3.05) is 12.3 Å². The number of aromatic nitrogens is 2. The van der Waals surface area contributed by atoms with Crippen LogP contribution in [0, 0.1) is 13.8 Å². The fourth-order valence-corrected chi connectivity index (χ4v) is 3.64. The van der Waals surface area contributed by atoms with E-state index in [4.69, 9.17) is 5.73 Å². The number of sulfonamides is 1. The number of aryl methyl sites for hydroxylation is 2. The molecule has 0 radical (unpaired) electrons. The van der Waals surface area contributed by atoms with Crippen LogP contribution in [0.5, 0.6) is 0 Å². The largest absolute Gasteiger partial charge is 0.398 e. The summed E-state index contributed by atoms with van der Waals surface area (Å²) in [5.74, 6) is 0.848. The van der Waals surface area contributed by atoms with E-state index in [2.05, 4.69) is 14.7 Å². The Morgan fingerprint density at radius 3 is 2.76 bits per heavy atom. The Labute approximate surface area is 124 Å². The van der Waals surface area contributed by atoms with Crippen molar-refractivity contribution in [1.29, 1.82) is 0 Å². The lowest BCUT2D eigenvalue weighted by molar-refractivity contribution is 0.578. The van der Waals surface area contributed by atoms with Crippen LogP contribution >= 0.6 is 0 Å². The molecule has 21 heavy (non-hydrogen) atoms. The van der Waals surface area contributed by atoms with Gasteiger partial charge in [-0.2, -0.15) is 0 Å². The van der Waals surface area contributed by atoms with Gasteiger partial charge in [0.2, 0.25) is 10.0 Å². The summed E-state index contributed by atoms with van der Waals surface area (Å²) in [6, 6.07) is 3.44. The molecule has 1 aromatic heterocycles. The average Bonchev–Trinajstić information content (AvgIpc) is 2.92. The van der Waals surface area contributed by atoms with Gasteiger partial charge in [-0.1, -0.05) is 6.07 Å². The molecule has 6 nitrogen and oxygen atoms in total. The topological polar surface area (TPSA) is 101 Å². The zero-order valence-corrected chi connectivity index (χ0v) is 13.0. The molecule has 0 unspecified atom stereocenters. The zero-order chi connectivity index (χ0) is 15.5. The van der Waals surface area contributed by atoms with Gasteiger partial charge in [0.15, 0.2) is 0 Å². The van der Waals surface area contributed by atoms with E-state index in [1.807, 2.05) is 13.0 Å². The van der Waals surface area contributed by atoms with Crippen LogP contribution in [0.15, 0.2) is 29.4 Å². The molecule has 1 aromatic carbocycles. The highest BCUT2D eigenvalue weighted by atomic mass is 32.2. The highest BCUT2D eigenvalue weighted by molar-refractivity contribution is 7.89. The zero-order valence-electron chi connectivity index (χ0n) is 12.2. The molecule has 4 N–H and O–H groups in total. The summed E-state index contributed by atoms with van der Waals surface area (Å²) in [6.07, 6.45) is 4.78. The van der Waals surface area contributed by atoms with Gasteiger partial charge in [-0.25, -0.2) is 18.1 Å². The van der Waals surface area contributed by atoms with Crippen LogP contribution in [-0.2, 0) is 16.4 Å². The molecule has 0 aliphatic heterocycles. The standard InChI is InChI=1S/C14H20N4O2S/c1-10-5-6-12(15)14(11(10)2)21(19,20)18-7-3-4-13-16-8-9-17-13/h5-6,8-9,18H,3-4,7,15H2,1-2H3,(H,16,17). The third-order valence-electron chi connectivity index (χ3n) is 3.41. The minimum atomic E-state index is -3.59. The molecule has 0 aliphatic carbocycles. The van der Waals surface area contributed by atoms with Crippen LogP contribution < -0.4 is 10.5 Å². The summed E-state index contributed by atoms with van der Waals surface area (Å²) in [4.78, 5) is 7.26. The van der Waals surface area contributed by atoms with Crippen LogP contribution in [-0.4, -0.2) is 24.9 Å². The van der Waals surface area contributed by atoms with E-state index < -0.39 is 10.0 Å². The average molecular weight is 308 g/mol. The first kappa shape index (κ1) is 15.5. The lowest BCUT2D eigenvalue weighted by Crippen LogP contribution is -2.27. The molecule has 0 fully saturated rings. The molecule has 114 valence electrons. The van der Waals surface area contributed by atoms with Gasteiger partial charge in [0.25, 0.3) is 0 Å². The predicted octanol–water partition coefficient (Wildman–Crippen LogP) is 1.52. The first-order valence-electron chi connectivity index (χ1n) is 6.75. The Morgan fingerprint density at radius 2 is 2.10 bits per heavy atom. The van der Waals surface area contributed by atoms with E-state index in [1.165, 1.54) is 0 Å². The van der Waals surface area contributed by atoms with Crippen LogP contribution in [0.2, 0.25) is 0 Å². The minimum absolute atomic E-state index is 0.181. The molecule has 0 atom stereocenters. The van der Waals surface area contributed by atoms with Crippen molar-refractivity contribution in [3.05, 3.63) is 41.5 Å². The van der Waals surface area contributed by atoms with Crippen molar-refractivity contribution in [2.45, 2.75) is 31.6 Å². The highest BCUT2D eigenvalue weighted by Gasteiger charge is 2.20. The third-order valence-corrected chi connectivity index (χ3v) is 5.08. The fourth-order valence-electron chi connectivity index (χ4n) is 2.14. The lowest BCUT2D eigenvalue weighted by atomic mass is 10.1. The summed E-state index contributed by atoms with van der Waals surface area (Å²) in [6.45, 7) is 3.98. The summed E-state index contributed by atoms with van der Waals surface area (Å²) >= 11 is 0. The molecule has 2 aromatic rings. The number of benzene rings is 1. The number of anilines is 1. The SMILES string of the molecule is Cc1ccc(N)c(S(=O)(=O)NCCCc2ncc[nH]2)c1C. The van der Waals surface area contributed by atoms with E-state index in [0.29, 0.717) is 24.9 Å². The summed E-state index contributed by atoms with van der Waals surface area (Å²) < 4.78 is 27.3. The number of nitrogens with one attached hydrogen (secondary N) is 2. The Morgan fingerprint density at radius 1 is 1.33 bits per heavy atom. The summed E-state index contributed by atoms with van der Waals surface area (Å²) in [7, 11) is -3.59. The number of rotatable bonds is 6. The summed E-state index contributed by atoms with van der Waals surface area (Å²) in [5, 5.41) is 0. The fraction of sp³-hybridized carbons (Fsp3) is 0.357. The van der Waals surface area contributed by atoms with Crippen LogP contribution in [0.25, 0.3) is 0 Å². The van der Waals surface area contributed by atoms with Crippen molar-refractivity contribution in [3.63, 3.8) is 0 Å². The third kappa shape index (κ3) is 3.62. The molecule has 0 amide bonds. The second kappa shape index (κ2) is 6.28. The minimum Gasteiger partial charge on any atom is -0.398 e. The van der Waals surface area contributed by atoms with Crippen molar-refractivity contribution >= 4 is 15.7 Å². The molecule has 0 aliphatic rings. The number of nitrogens with two attached hydrogens (primary N) is 1. The maximum Gasteiger partial charge on any atom is 0.242 e. The first-order chi connectivity index (χ1) is 9.92. The molecule has 0 saturated carbocycles. The maximum absolute atomic E-state index is 12.4. The van der Waals surface area contributed by atoms with E-state index in [1.54, 1.807) is 25.4 Å². The van der Waals surface area contributed by atoms with Crippen LogP contribution in [0.4, 0.5) is 5.69 Å². The normalized spacial score (nSPS) is 11.7. The molecular formula is C14H20N4O2S. The van der Waals surface area contributed by atoms with E-state index >= 15 is 0 Å². The van der Waals surface area contributed by atoms with Gasteiger partial charge >= 0.3 is 0 Å². The van der Waals surface area contributed by atoms with Crippen LogP contribution in [0.3, 0.4) is 0 Å². The number of hydrogen-bond donors (Lipinski definition) is 3. The molecular weight excluding hydrogens is 288 g/mol. The van der Waals surface area contributed by atoms with Gasteiger partial charge in [0.1, 0.15) is 10.7 Å². The number of H-pyrrole nitrogens is 1. The first-order valence-corrected chi connectivity index (χ1v) is 8.24. The molecule has 7 heteroatoms. The summed E-state index contributed by atoms with van der Waals surface area (Å²) in [5.41, 5.74) is 7.69. The van der Waals surface area contributed by atoms with Crippen LogP contribution in [0.1, 0.15) is 23.4 Å². The molecule has 0 saturated heterocycles. The Bertz CT molecular complexity index is 709. The number of nitrogen functional groups attached to an aromatic ring is 1. The molecule has 2 rings (SSSR count). The van der Waals surface area contributed by atoms with Gasteiger partial charge in [0.05, 0.1) is 5.69 Å². The monoisotopic (exact) mass is 308 g/mol. The van der Waals surface area contributed by atoms with Crippen molar-refractivity contribution < 1.29 is 8.42 Å². The number of hydrogen-bond acceptors (Lipinski definition) is 4. The molecule has 0 spiro atoms. The maximum atomic E-state index is 12.4. The molecule has 1 heterocycles.